The van der Waals surface area contributed by atoms with Crippen molar-refractivity contribution < 1.29 is 14.3 Å². The van der Waals surface area contributed by atoms with Gasteiger partial charge in [-0.1, -0.05) is 44.2 Å². The predicted molar refractivity (Wildman–Crippen MR) is 104 cm³/mol. The molecule has 2 N–H and O–H groups in total. The van der Waals surface area contributed by atoms with Crippen molar-refractivity contribution in [2.45, 2.75) is 45.6 Å². The van der Waals surface area contributed by atoms with E-state index in [0.29, 0.717) is 25.9 Å². The maximum absolute atomic E-state index is 12.0. The number of esters is 1. The Morgan fingerprint density at radius 1 is 1.08 bits per heavy atom. The first-order valence-corrected chi connectivity index (χ1v) is 9.47. The number of likely N-dealkylation sites (N-methyl/N-ethyl adjacent to an activating group) is 1. The van der Waals surface area contributed by atoms with Crippen molar-refractivity contribution >= 4 is 12.0 Å². The Morgan fingerprint density at radius 2 is 1.77 bits per heavy atom. The molecule has 0 aliphatic heterocycles. The standard InChI is InChI=1S/C20H33N3O3/c1-4-23(5-2)18(15-17-11-7-6-8-12-17)16-22-20(25)21-14-10-9-13-19(24)26-3/h6-8,11-12,18H,4-5,9-10,13-16H2,1-3H3,(H2,21,22,25). The second kappa shape index (κ2) is 13.2. The molecule has 1 rings (SSSR count). The normalized spacial score (nSPS) is 11.8. The van der Waals surface area contributed by atoms with Gasteiger partial charge in [-0.15, -0.1) is 0 Å². The third-order valence-electron chi connectivity index (χ3n) is 4.46. The number of methoxy groups -OCH3 is 1. The van der Waals surface area contributed by atoms with Crippen molar-refractivity contribution in [1.82, 2.24) is 15.5 Å². The van der Waals surface area contributed by atoms with Crippen LogP contribution in [-0.2, 0) is 16.0 Å². The Hall–Kier alpha value is -2.08. The average molecular weight is 364 g/mol. The molecule has 1 aromatic carbocycles. The third-order valence-corrected chi connectivity index (χ3v) is 4.46. The summed E-state index contributed by atoms with van der Waals surface area (Å²) in [5.41, 5.74) is 1.27. The van der Waals surface area contributed by atoms with E-state index in [2.05, 4.69) is 46.3 Å². The zero-order valence-electron chi connectivity index (χ0n) is 16.3. The van der Waals surface area contributed by atoms with Gasteiger partial charge in [0.1, 0.15) is 0 Å². The molecule has 0 aliphatic carbocycles. The second-order valence-corrected chi connectivity index (χ2v) is 6.23. The van der Waals surface area contributed by atoms with Gasteiger partial charge in [0.25, 0.3) is 0 Å². The SMILES string of the molecule is CCN(CC)C(CNC(=O)NCCCCC(=O)OC)Cc1ccccc1. The summed E-state index contributed by atoms with van der Waals surface area (Å²) in [7, 11) is 1.38. The van der Waals surface area contributed by atoms with Crippen LogP contribution in [0, 0.1) is 0 Å². The van der Waals surface area contributed by atoms with Gasteiger partial charge in [-0.2, -0.15) is 0 Å². The van der Waals surface area contributed by atoms with Crippen LogP contribution in [-0.4, -0.2) is 56.2 Å². The Kier molecular flexibility index (Phi) is 11.1. The fourth-order valence-electron chi connectivity index (χ4n) is 2.93. The summed E-state index contributed by atoms with van der Waals surface area (Å²) < 4.78 is 4.59. The van der Waals surface area contributed by atoms with Crippen molar-refractivity contribution in [3.05, 3.63) is 35.9 Å². The van der Waals surface area contributed by atoms with Crippen molar-refractivity contribution in [3.63, 3.8) is 0 Å². The fraction of sp³-hybridized carbons (Fsp3) is 0.600. The van der Waals surface area contributed by atoms with Crippen LogP contribution in [0.15, 0.2) is 30.3 Å². The van der Waals surface area contributed by atoms with Gasteiger partial charge in [-0.3, -0.25) is 9.69 Å². The molecule has 0 spiro atoms. The number of carbonyl (C=O) groups is 2. The lowest BCUT2D eigenvalue weighted by Gasteiger charge is -2.30. The molecule has 0 fully saturated rings. The number of hydrogen-bond donors (Lipinski definition) is 2. The van der Waals surface area contributed by atoms with Crippen LogP contribution >= 0.6 is 0 Å². The molecule has 0 saturated heterocycles. The lowest BCUT2D eigenvalue weighted by molar-refractivity contribution is -0.140. The molecule has 6 nitrogen and oxygen atoms in total. The summed E-state index contributed by atoms with van der Waals surface area (Å²) in [5.74, 6) is -0.211. The lowest BCUT2D eigenvalue weighted by Crippen LogP contribution is -2.47. The molecular weight excluding hydrogens is 330 g/mol. The van der Waals surface area contributed by atoms with E-state index >= 15 is 0 Å². The number of benzene rings is 1. The van der Waals surface area contributed by atoms with E-state index in [0.717, 1.165) is 25.9 Å². The lowest BCUT2D eigenvalue weighted by atomic mass is 10.0. The number of unbranched alkanes of at least 4 members (excludes halogenated alkanes) is 1. The van der Waals surface area contributed by atoms with E-state index in [1.165, 1.54) is 12.7 Å². The van der Waals surface area contributed by atoms with E-state index in [-0.39, 0.29) is 18.0 Å². The van der Waals surface area contributed by atoms with Gasteiger partial charge in [0.05, 0.1) is 7.11 Å². The Balaban J connectivity index is 2.37. The van der Waals surface area contributed by atoms with Crippen LogP contribution in [0.4, 0.5) is 4.79 Å². The number of amides is 2. The third kappa shape index (κ3) is 8.85. The predicted octanol–water partition coefficient (Wildman–Crippen LogP) is 2.58. The highest BCUT2D eigenvalue weighted by Crippen LogP contribution is 2.08. The Labute approximate surface area is 157 Å². The molecule has 26 heavy (non-hydrogen) atoms. The van der Waals surface area contributed by atoms with Crippen LogP contribution in [0.2, 0.25) is 0 Å². The van der Waals surface area contributed by atoms with E-state index in [4.69, 9.17) is 0 Å². The van der Waals surface area contributed by atoms with Gasteiger partial charge in [0.2, 0.25) is 0 Å². The number of carbonyl (C=O) groups excluding carboxylic acids is 2. The van der Waals surface area contributed by atoms with Crippen molar-refractivity contribution in [2.75, 3.05) is 33.3 Å². The first kappa shape index (κ1) is 22.0. The molecule has 6 heteroatoms. The Bertz CT molecular complexity index is 518. The quantitative estimate of drug-likeness (QED) is 0.442. The molecule has 146 valence electrons. The zero-order valence-corrected chi connectivity index (χ0v) is 16.3. The number of rotatable bonds is 12. The monoisotopic (exact) mass is 363 g/mol. The highest BCUT2D eigenvalue weighted by atomic mass is 16.5. The molecule has 1 unspecified atom stereocenters. The highest BCUT2D eigenvalue weighted by molar-refractivity contribution is 5.73. The largest absolute Gasteiger partial charge is 0.469 e. The summed E-state index contributed by atoms with van der Waals surface area (Å²) in [6.07, 6.45) is 2.76. The molecule has 1 aromatic rings. The summed E-state index contributed by atoms with van der Waals surface area (Å²) in [6, 6.07) is 10.5. The van der Waals surface area contributed by atoms with Gasteiger partial charge in [-0.05, 0) is 37.9 Å². The molecule has 0 saturated carbocycles. The number of hydrogen-bond acceptors (Lipinski definition) is 4. The molecule has 0 aromatic heterocycles. The molecule has 0 radical (unpaired) electrons. The first-order valence-electron chi connectivity index (χ1n) is 9.47. The van der Waals surface area contributed by atoms with Crippen LogP contribution in [0.3, 0.4) is 0 Å². The van der Waals surface area contributed by atoms with Gasteiger partial charge < -0.3 is 15.4 Å². The summed E-state index contributed by atoms with van der Waals surface area (Å²) in [4.78, 5) is 25.4. The molecule has 1 atom stereocenters. The summed E-state index contributed by atoms with van der Waals surface area (Å²) in [5, 5.41) is 5.83. The van der Waals surface area contributed by atoms with Gasteiger partial charge in [0.15, 0.2) is 0 Å². The van der Waals surface area contributed by atoms with Crippen LogP contribution in [0.5, 0.6) is 0 Å². The zero-order chi connectivity index (χ0) is 19.2. The summed E-state index contributed by atoms with van der Waals surface area (Å²) in [6.45, 7) is 7.34. The minimum atomic E-state index is -0.211. The van der Waals surface area contributed by atoms with Crippen LogP contribution in [0.1, 0.15) is 38.7 Å². The molecule has 2 amide bonds. The average Bonchev–Trinajstić information content (AvgIpc) is 2.67. The van der Waals surface area contributed by atoms with E-state index in [1.54, 1.807) is 0 Å². The van der Waals surface area contributed by atoms with E-state index in [1.807, 2.05) is 18.2 Å². The Morgan fingerprint density at radius 3 is 2.38 bits per heavy atom. The molecule has 0 aliphatic rings. The smallest absolute Gasteiger partial charge is 0.314 e. The van der Waals surface area contributed by atoms with Crippen molar-refractivity contribution in [1.29, 1.82) is 0 Å². The minimum absolute atomic E-state index is 0.159. The number of ether oxygens (including phenoxy) is 1. The number of urea groups is 1. The van der Waals surface area contributed by atoms with Gasteiger partial charge in [-0.25, -0.2) is 4.79 Å². The fourth-order valence-corrected chi connectivity index (χ4v) is 2.93. The van der Waals surface area contributed by atoms with Crippen LogP contribution < -0.4 is 10.6 Å². The maximum Gasteiger partial charge on any atom is 0.314 e. The summed E-state index contributed by atoms with van der Waals surface area (Å²) >= 11 is 0. The second-order valence-electron chi connectivity index (χ2n) is 6.23. The highest BCUT2D eigenvalue weighted by Gasteiger charge is 2.17. The number of nitrogens with zero attached hydrogens (tertiary/aromatic N) is 1. The van der Waals surface area contributed by atoms with Crippen LogP contribution in [0.25, 0.3) is 0 Å². The van der Waals surface area contributed by atoms with Gasteiger partial charge >= 0.3 is 12.0 Å². The van der Waals surface area contributed by atoms with Crippen molar-refractivity contribution in [3.8, 4) is 0 Å². The maximum atomic E-state index is 12.0. The van der Waals surface area contributed by atoms with E-state index in [9.17, 15) is 9.59 Å². The van der Waals surface area contributed by atoms with E-state index < -0.39 is 0 Å². The minimum Gasteiger partial charge on any atom is -0.469 e. The number of nitrogens with one attached hydrogen (secondary N) is 2. The first-order chi connectivity index (χ1) is 12.6. The van der Waals surface area contributed by atoms with Gasteiger partial charge in [0, 0.05) is 25.6 Å². The topological polar surface area (TPSA) is 70.7 Å². The molecular formula is C20H33N3O3. The van der Waals surface area contributed by atoms with Crippen molar-refractivity contribution in [2.24, 2.45) is 0 Å². The molecule has 0 heterocycles. The molecule has 0 bridgehead atoms.